The first-order chi connectivity index (χ1) is 7.65. The van der Waals surface area contributed by atoms with Crippen LogP contribution < -0.4 is 10.9 Å². The van der Waals surface area contributed by atoms with Crippen LogP contribution in [-0.4, -0.2) is 24.2 Å². The van der Waals surface area contributed by atoms with Gasteiger partial charge in [0.2, 0.25) is 0 Å². The van der Waals surface area contributed by atoms with E-state index < -0.39 is 5.97 Å². The lowest BCUT2D eigenvalue weighted by Gasteiger charge is -2.21. The summed E-state index contributed by atoms with van der Waals surface area (Å²) in [4.78, 5) is 23.3. The van der Waals surface area contributed by atoms with Crippen LogP contribution in [0.2, 0.25) is 5.02 Å². The summed E-state index contributed by atoms with van der Waals surface area (Å²) in [6.45, 7) is 1.67. The summed E-state index contributed by atoms with van der Waals surface area (Å²) in [6, 6.07) is 1.37. The average Bonchev–Trinajstić information content (AvgIpc) is 2.33. The molecule has 1 N–H and O–H groups in total. The summed E-state index contributed by atoms with van der Waals surface area (Å²) in [5.41, 5.74) is 0.720. The molecule has 0 aromatic carbocycles. The van der Waals surface area contributed by atoms with Crippen molar-refractivity contribution in [2.24, 2.45) is 0 Å². The summed E-state index contributed by atoms with van der Waals surface area (Å²) >= 11 is 5.79. The van der Waals surface area contributed by atoms with Gasteiger partial charge in [-0.25, -0.2) is 4.79 Å². The standard InChI is InChI=1S/C10H11ClN2O3/c1-16-10(15)6-4-7(11)9(14)13-3-2-12-5-8(6)13/h4,12H,2-3,5H2,1H3. The summed E-state index contributed by atoms with van der Waals surface area (Å²) in [7, 11) is 1.30. The fraction of sp³-hybridized carbons (Fsp3) is 0.400. The highest BCUT2D eigenvalue weighted by Crippen LogP contribution is 2.15. The van der Waals surface area contributed by atoms with Crippen molar-refractivity contribution < 1.29 is 9.53 Å². The van der Waals surface area contributed by atoms with Crippen molar-refractivity contribution in [2.45, 2.75) is 13.1 Å². The third-order valence-electron chi connectivity index (χ3n) is 2.57. The van der Waals surface area contributed by atoms with Gasteiger partial charge in [0.15, 0.2) is 0 Å². The summed E-state index contributed by atoms with van der Waals surface area (Å²) in [5, 5.41) is 3.14. The van der Waals surface area contributed by atoms with Gasteiger partial charge in [-0.05, 0) is 6.07 Å². The van der Waals surface area contributed by atoms with E-state index in [2.05, 4.69) is 10.1 Å². The van der Waals surface area contributed by atoms with E-state index in [0.29, 0.717) is 30.9 Å². The van der Waals surface area contributed by atoms with Gasteiger partial charge in [-0.1, -0.05) is 11.6 Å². The summed E-state index contributed by atoms with van der Waals surface area (Å²) < 4.78 is 6.18. The average molecular weight is 243 g/mol. The highest BCUT2D eigenvalue weighted by molar-refractivity contribution is 6.30. The smallest absolute Gasteiger partial charge is 0.339 e. The van der Waals surface area contributed by atoms with E-state index in [1.54, 1.807) is 0 Å². The molecule has 5 nitrogen and oxygen atoms in total. The Balaban J connectivity index is 2.66. The molecule has 16 heavy (non-hydrogen) atoms. The molecular formula is C10H11ClN2O3. The number of ether oxygens (including phenoxy) is 1. The first kappa shape index (κ1) is 11.2. The van der Waals surface area contributed by atoms with Crippen molar-refractivity contribution in [2.75, 3.05) is 13.7 Å². The normalized spacial score (nSPS) is 14.4. The minimum atomic E-state index is -0.477. The maximum absolute atomic E-state index is 11.7. The Morgan fingerprint density at radius 2 is 2.38 bits per heavy atom. The van der Waals surface area contributed by atoms with Gasteiger partial charge < -0.3 is 14.6 Å². The SMILES string of the molecule is COC(=O)c1cc(Cl)c(=O)n2c1CNCC2. The van der Waals surface area contributed by atoms with Crippen LogP contribution in [-0.2, 0) is 17.8 Å². The van der Waals surface area contributed by atoms with E-state index in [1.807, 2.05) is 0 Å². The van der Waals surface area contributed by atoms with Gasteiger partial charge in [-0.15, -0.1) is 0 Å². The van der Waals surface area contributed by atoms with E-state index in [9.17, 15) is 9.59 Å². The number of hydrogen-bond donors (Lipinski definition) is 1. The number of fused-ring (bicyclic) bond motifs is 1. The van der Waals surface area contributed by atoms with E-state index in [4.69, 9.17) is 11.6 Å². The van der Waals surface area contributed by atoms with Crippen molar-refractivity contribution in [3.8, 4) is 0 Å². The first-order valence-electron chi connectivity index (χ1n) is 4.86. The number of carbonyl (C=O) groups is 1. The van der Waals surface area contributed by atoms with Crippen LogP contribution in [0.1, 0.15) is 16.1 Å². The fourth-order valence-corrected chi connectivity index (χ4v) is 1.99. The first-order valence-corrected chi connectivity index (χ1v) is 5.24. The molecule has 0 unspecified atom stereocenters. The van der Waals surface area contributed by atoms with Crippen molar-refractivity contribution >= 4 is 17.6 Å². The third-order valence-corrected chi connectivity index (χ3v) is 2.84. The molecule has 2 heterocycles. The Morgan fingerprint density at radius 1 is 1.62 bits per heavy atom. The van der Waals surface area contributed by atoms with Gasteiger partial charge in [0.25, 0.3) is 5.56 Å². The second-order valence-corrected chi connectivity index (χ2v) is 3.88. The number of methoxy groups -OCH3 is 1. The number of pyridine rings is 1. The second-order valence-electron chi connectivity index (χ2n) is 3.48. The lowest BCUT2D eigenvalue weighted by molar-refractivity contribution is 0.0597. The summed E-state index contributed by atoms with van der Waals surface area (Å²) in [5.74, 6) is -0.477. The zero-order chi connectivity index (χ0) is 11.7. The molecule has 0 fully saturated rings. The van der Waals surface area contributed by atoms with Crippen molar-refractivity contribution in [1.29, 1.82) is 0 Å². The molecule has 0 atom stereocenters. The quantitative estimate of drug-likeness (QED) is 0.724. The zero-order valence-electron chi connectivity index (χ0n) is 8.75. The molecule has 0 aliphatic carbocycles. The predicted octanol–water partition coefficient (Wildman–Crippen LogP) is 0.391. The molecule has 0 saturated heterocycles. The Kier molecular flexibility index (Phi) is 2.98. The van der Waals surface area contributed by atoms with Gasteiger partial charge in [0.05, 0.1) is 12.7 Å². The molecule has 0 amide bonds. The number of hydrogen-bond acceptors (Lipinski definition) is 4. The third kappa shape index (κ3) is 1.72. The van der Waals surface area contributed by atoms with Crippen LogP contribution in [0.4, 0.5) is 0 Å². The number of carbonyl (C=O) groups excluding carboxylic acids is 1. The summed E-state index contributed by atoms with van der Waals surface area (Å²) in [6.07, 6.45) is 0. The minimum Gasteiger partial charge on any atom is -0.465 e. The van der Waals surface area contributed by atoms with Crippen LogP contribution in [0.15, 0.2) is 10.9 Å². The van der Waals surface area contributed by atoms with Gasteiger partial charge in [-0.3, -0.25) is 4.79 Å². The molecule has 0 radical (unpaired) electrons. The zero-order valence-corrected chi connectivity index (χ0v) is 9.50. The Bertz CT molecular complexity index is 496. The Morgan fingerprint density at radius 3 is 3.06 bits per heavy atom. The predicted molar refractivity (Wildman–Crippen MR) is 58.8 cm³/mol. The lowest BCUT2D eigenvalue weighted by Crippen LogP contribution is -2.38. The number of rotatable bonds is 1. The van der Waals surface area contributed by atoms with Gasteiger partial charge in [-0.2, -0.15) is 0 Å². The molecule has 1 aromatic heterocycles. The number of nitrogens with zero attached hydrogens (tertiary/aromatic N) is 1. The van der Waals surface area contributed by atoms with E-state index in [0.717, 1.165) is 0 Å². The molecule has 86 valence electrons. The Labute approximate surface area is 97.0 Å². The highest BCUT2D eigenvalue weighted by Gasteiger charge is 2.21. The number of esters is 1. The second kappa shape index (κ2) is 4.27. The van der Waals surface area contributed by atoms with E-state index in [1.165, 1.54) is 17.7 Å². The molecular weight excluding hydrogens is 232 g/mol. The fourth-order valence-electron chi connectivity index (χ4n) is 1.78. The number of nitrogens with one attached hydrogen (secondary N) is 1. The maximum atomic E-state index is 11.7. The molecule has 0 spiro atoms. The van der Waals surface area contributed by atoms with Crippen molar-refractivity contribution in [1.82, 2.24) is 9.88 Å². The van der Waals surface area contributed by atoms with Gasteiger partial charge in [0.1, 0.15) is 5.02 Å². The van der Waals surface area contributed by atoms with Crippen LogP contribution in [0.5, 0.6) is 0 Å². The largest absolute Gasteiger partial charge is 0.465 e. The monoisotopic (exact) mass is 242 g/mol. The van der Waals surface area contributed by atoms with E-state index >= 15 is 0 Å². The molecule has 1 aromatic rings. The molecule has 2 rings (SSSR count). The van der Waals surface area contributed by atoms with Crippen LogP contribution in [0.25, 0.3) is 0 Å². The van der Waals surface area contributed by atoms with Crippen LogP contribution in [0, 0.1) is 0 Å². The van der Waals surface area contributed by atoms with Crippen LogP contribution in [0.3, 0.4) is 0 Å². The van der Waals surface area contributed by atoms with E-state index in [-0.39, 0.29) is 10.6 Å². The van der Waals surface area contributed by atoms with Crippen molar-refractivity contribution in [3.05, 3.63) is 32.7 Å². The minimum absolute atomic E-state index is 0.0473. The number of aromatic nitrogens is 1. The topological polar surface area (TPSA) is 60.3 Å². The molecule has 1 aliphatic rings. The molecule has 6 heteroatoms. The van der Waals surface area contributed by atoms with Crippen molar-refractivity contribution in [3.63, 3.8) is 0 Å². The molecule has 0 saturated carbocycles. The highest BCUT2D eigenvalue weighted by atomic mass is 35.5. The van der Waals surface area contributed by atoms with Gasteiger partial charge in [0, 0.05) is 25.3 Å². The maximum Gasteiger partial charge on any atom is 0.339 e. The lowest BCUT2D eigenvalue weighted by atomic mass is 10.1. The van der Waals surface area contributed by atoms with Crippen LogP contribution >= 0.6 is 11.6 Å². The molecule has 1 aliphatic heterocycles. The Hall–Kier alpha value is -1.33. The molecule has 0 bridgehead atoms. The number of halogens is 1. The van der Waals surface area contributed by atoms with Gasteiger partial charge >= 0.3 is 5.97 Å².